The maximum atomic E-state index is 13.2. The highest BCUT2D eigenvalue weighted by atomic mass is 19.1. The number of aliphatic hydroxyl groups is 2. The zero-order chi connectivity index (χ0) is 11.3. The normalized spacial score (nSPS) is 13.1. The van der Waals surface area contributed by atoms with Crippen molar-refractivity contribution in [2.45, 2.75) is 12.6 Å². The summed E-state index contributed by atoms with van der Waals surface area (Å²) in [7, 11) is 1.77. The number of likely N-dealkylation sites (N-methyl/N-ethyl adjacent to an activating group) is 1. The zero-order valence-electron chi connectivity index (χ0n) is 8.73. The standard InChI is InChI=1S/C11H16FNO2/c1-13(7-10(15)8-14)6-9-4-2-3-5-11(9)12/h2-5,10,14-15H,6-8H2,1H3. The first-order valence-electron chi connectivity index (χ1n) is 4.84. The molecule has 0 radical (unpaired) electrons. The summed E-state index contributed by atoms with van der Waals surface area (Å²) in [6.45, 7) is 0.468. The Bertz CT molecular complexity index is 306. The third-order valence-corrected chi connectivity index (χ3v) is 2.13. The van der Waals surface area contributed by atoms with Gasteiger partial charge in [-0.15, -0.1) is 0 Å². The largest absolute Gasteiger partial charge is 0.394 e. The Labute approximate surface area is 88.8 Å². The van der Waals surface area contributed by atoms with E-state index < -0.39 is 6.10 Å². The molecule has 0 spiro atoms. The molecule has 0 bridgehead atoms. The van der Waals surface area contributed by atoms with Crippen LogP contribution < -0.4 is 0 Å². The van der Waals surface area contributed by atoms with Gasteiger partial charge in [0, 0.05) is 18.7 Å². The van der Waals surface area contributed by atoms with Crippen molar-refractivity contribution in [3.8, 4) is 0 Å². The van der Waals surface area contributed by atoms with Crippen molar-refractivity contribution in [3.63, 3.8) is 0 Å². The van der Waals surface area contributed by atoms with E-state index in [1.165, 1.54) is 6.07 Å². The third kappa shape index (κ3) is 3.95. The van der Waals surface area contributed by atoms with E-state index in [0.717, 1.165) is 0 Å². The average Bonchev–Trinajstić information content (AvgIpc) is 2.21. The number of hydrogen-bond acceptors (Lipinski definition) is 3. The Morgan fingerprint density at radius 3 is 2.67 bits per heavy atom. The van der Waals surface area contributed by atoms with Crippen LogP contribution in [-0.2, 0) is 6.54 Å². The molecular weight excluding hydrogens is 197 g/mol. The van der Waals surface area contributed by atoms with Crippen LogP contribution in [0.2, 0.25) is 0 Å². The highest BCUT2D eigenvalue weighted by molar-refractivity contribution is 5.16. The second-order valence-electron chi connectivity index (χ2n) is 3.62. The van der Waals surface area contributed by atoms with Crippen LogP contribution in [-0.4, -0.2) is 41.4 Å². The van der Waals surface area contributed by atoms with Crippen molar-refractivity contribution in [1.82, 2.24) is 4.90 Å². The fourth-order valence-corrected chi connectivity index (χ4v) is 1.40. The summed E-state index contributed by atoms with van der Waals surface area (Å²) >= 11 is 0. The molecule has 0 amide bonds. The van der Waals surface area contributed by atoms with E-state index in [-0.39, 0.29) is 12.4 Å². The molecule has 0 aliphatic heterocycles. The minimum Gasteiger partial charge on any atom is -0.394 e. The number of halogens is 1. The summed E-state index contributed by atoms with van der Waals surface area (Å²) in [5, 5.41) is 17.8. The second kappa shape index (κ2) is 5.80. The molecule has 2 N–H and O–H groups in total. The molecule has 0 heterocycles. The van der Waals surface area contributed by atoms with E-state index in [9.17, 15) is 9.50 Å². The molecule has 1 aromatic carbocycles. The number of benzene rings is 1. The van der Waals surface area contributed by atoms with E-state index in [4.69, 9.17) is 5.11 Å². The van der Waals surface area contributed by atoms with Crippen LogP contribution in [0, 0.1) is 5.82 Å². The maximum Gasteiger partial charge on any atom is 0.127 e. The van der Waals surface area contributed by atoms with E-state index in [0.29, 0.717) is 18.7 Å². The Kier molecular flexibility index (Phi) is 4.68. The molecule has 1 atom stereocenters. The van der Waals surface area contributed by atoms with Gasteiger partial charge in [-0.2, -0.15) is 0 Å². The first-order valence-corrected chi connectivity index (χ1v) is 4.84. The van der Waals surface area contributed by atoms with Gasteiger partial charge in [0.05, 0.1) is 12.7 Å². The number of aliphatic hydroxyl groups excluding tert-OH is 2. The lowest BCUT2D eigenvalue weighted by molar-refractivity contribution is 0.0645. The van der Waals surface area contributed by atoms with Crippen LogP contribution in [0.25, 0.3) is 0 Å². The molecule has 0 aliphatic carbocycles. The summed E-state index contributed by atoms with van der Waals surface area (Å²) in [5.74, 6) is -0.247. The van der Waals surface area contributed by atoms with Crippen LogP contribution in [0.1, 0.15) is 5.56 Å². The van der Waals surface area contributed by atoms with Crippen LogP contribution >= 0.6 is 0 Å². The van der Waals surface area contributed by atoms with Crippen molar-refractivity contribution in [1.29, 1.82) is 0 Å². The molecule has 0 aromatic heterocycles. The molecule has 84 valence electrons. The minimum absolute atomic E-state index is 0.247. The fourth-order valence-electron chi connectivity index (χ4n) is 1.40. The van der Waals surface area contributed by atoms with Crippen molar-refractivity contribution < 1.29 is 14.6 Å². The summed E-state index contributed by atoms with van der Waals surface area (Å²) in [5.41, 5.74) is 0.588. The van der Waals surface area contributed by atoms with E-state index >= 15 is 0 Å². The van der Waals surface area contributed by atoms with Gasteiger partial charge < -0.3 is 10.2 Å². The lowest BCUT2D eigenvalue weighted by Crippen LogP contribution is -2.31. The Morgan fingerprint density at radius 1 is 1.40 bits per heavy atom. The maximum absolute atomic E-state index is 13.2. The number of hydrogen-bond donors (Lipinski definition) is 2. The van der Waals surface area contributed by atoms with Gasteiger partial charge in [-0.05, 0) is 13.1 Å². The minimum atomic E-state index is -0.776. The average molecular weight is 213 g/mol. The van der Waals surface area contributed by atoms with Crippen LogP contribution in [0.4, 0.5) is 4.39 Å². The fraction of sp³-hybridized carbons (Fsp3) is 0.455. The van der Waals surface area contributed by atoms with Crippen LogP contribution in [0.15, 0.2) is 24.3 Å². The number of nitrogens with zero attached hydrogens (tertiary/aromatic N) is 1. The zero-order valence-corrected chi connectivity index (χ0v) is 8.73. The van der Waals surface area contributed by atoms with Gasteiger partial charge in [0.2, 0.25) is 0 Å². The Hall–Kier alpha value is -0.970. The molecule has 1 aromatic rings. The van der Waals surface area contributed by atoms with Gasteiger partial charge in [0.15, 0.2) is 0 Å². The monoisotopic (exact) mass is 213 g/mol. The van der Waals surface area contributed by atoms with Crippen LogP contribution in [0.5, 0.6) is 0 Å². The first-order chi connectivity index (χ1) is 7.13. The molecule has 1 unspecified atom stereocenters. The van der Waals surface area contributed by atoms with E-state index in [1.54, 1.807) is 30.1 Å². The van der Waals surface area contributed by atoms with Gasteiger partial charge in [0.1, 0.15) is 5.82 Å². The van der Waals surface area contributed by atoms with Crippen molar-refractivity contribution in [2.75, 3.05) is 20.2 Å². The van der Waals surface area contributed by atoms with Crippen molar-refractivity contribution in [3.05, 3.63) is 35.6 Å². The highest BCUT2D eigenvalue weighted by Gasteiger charge is 2.09. The Balaban J connectivity index is 2.51. The lowest BCUT2D eigenvalue weighted by atomic mass is 10.2. The highest BCUT2D eigenvalue weighted by Crippen LogP contribution is 2.08. The summed E-state index contributed by atoms with van der Waals surface area (Å²) < 4.78 is 13.2. The summed E-state index contributed by atoms with van der Waals surface area (Å²) in [6.07, 6.45) is -0.776. The van der Waals surface area contributed by atoms with Gasteiger partial charge in [0.25, 0.3) is 0 Å². The lowest BCUT2D eigenvalue weighted by Gasteiger charge is -2.19. The van der Waals surface area contributed by atoms with Gasteiger partial charge in [-0.1, -0.05) is 18.2 Å². The van der Waals surface area contributed by atoms with Crippen molar-refractivity contribution >= 4 is 0 Å². The predicted octanol–water partition coefficient (Wildman–Crippen LogP) is 0.611. The van der Waals surface area contributed by atoms with Gasteiger partial charge in [-0.25, -0.2) is 4.39 Å². The second-order valence-corrected chi connectivity index (χ2v) is 3.62. The molecule has 3 nitrogen and oxygen atoms in total. The van der Waals surface area contributed by atoms with Crippen molar-refractivity contribution in [2.24, 2.45) is 0 Å². The Morgan fingerprint density at radius 2 is 2.07 bits per heavy atom. The van der Waals surface area contributed by atoms with Gasteiger partial charge in [-0.3, -0.25) is 4.90 Å². The molecule has 4 heteroatoms. The molecule has 0 saturated heterocycles. The van der Waals surface area contributed by atoms with Crippen LogP contribution in [0.3, 0.4) is 0 Å². The predicted molar refractivity (Wildman–Crippen MR) is 55.8 cm³/mol. The third-order valence-electron chi connectivity index (χ3n) is 2.13. The number of rotatable bonds is 5. The van der Waals surface area contributed by atoms with E-state index in [2.05, 4.69) is 0 Å². The summed E-state index contributed by atoms with van der Waals surface area (Å²) in [4.78, 5) is 1.76. The first kappa shape index (κ1) is 12.1. The molecule has 1 rings (SSSR count). The molecule has 0 saturated carbocycles. The molecule has 0 fully saturated rings. The van der Waals surface area contributed by atoms with Gasteiger partial charge >= 0.3 is 0 Å². The smallest absolute Gasteiger partial charge is 0.127 e. The quantitative estimate of drug-likeness (QED) is 0.753. The van der Waals surface area contributed by atoms with E-state index in [1.807, 2.05) is 0 Å². The molecule has 0 aliphatic rings. The summed E-state index contributed by atoms with van der Waals surface area (Å²) in [6, 6.07) is 6.53. The molecular formula is C11H16FNO2. The SMILES string of the molecule is CN(Cc1ccccc1F)CC(O)CO. The molecule has 15 heavy (non-hydrogen) atoms. The topological polar surface area (TPSA) is 43.7 Å².